The van der Waals surface area contributed by atoms with Gasteiger partial charge in [0.05, 0.1) is 0 Å². The van der Waals surface area contributed by atoms with E-state index < -0.39 is 0 Å². The van der Waals surface area contributed by atoms with Crippen molar-refractivity contribution in [2.45, 2.75) is 19.3 Å². The quantitative estimate of drug-likeness (QED) is 0.843. The van der Waals surface area contributed by atoms with E-state index >= 15 is 0 Å². The maximum absolute atomic E-state index is 5.54. The van der Waals surface area contributed by atoms with Crippen LogP contribution in [0.1, 0.15) is 24.8 Å². The highest BCUT2D eigenvalue weighted by Crippen LogP contribution is 2.53. The Hall–Kier alpha value is -1.48. The minimum absolute atomic E-state index is 0.356. The van der Waals surface area contributed by atoms with E-state index in [1.54, 1.807) is 11.1 Å². The minimum Gasteiger partial charge on any atom is -0.454 e. The molecule has 2 bridgehead atoms. The van der Waals surface area contributed by atoms with Crippen LogP contribution in [0.3, 0.4) is 0 Å². The van der Waals surface area contributed by atoms with Crippen LogP contribution < -0.4 is 9.47 Å². The van der Waals surface area contributed by atoms with E-state index in [0.29, 0.717) is 6.79 Å². The van der Waals surface area contributed by atoms with Crippen LogP contribution in [0.25, 0.3) is 5.57 Å². The zero-order valence-corrected chi connectivity index (χ0v) is 12.2. The summed E-state index contributed by atoms with van der Waals surface area (Å²) in [6, 6.07) is 6.44. The van der Waals surface area contributed by atoms with Crippen LogP contribution >= 0.6 is 0 Å². The van der Waals surface area contributed by atoms with Gasteiger partial charge in [0.2, 0.25) is 6.79 Å². The van der Waals surface area contributed by atoms with E-state index in [2.05, 4.69) is 37.2 Å². The lowest BCUT2D eigenvalue weighted by atomic mass is 9.87. The second kappa shape index (κ2) is 4.52. The lowest BCUT2D eigenvalue weighted by Gasteiger charge is -2.23. The first-order chi connectivity index (χ1) is 9.72. The largest absolute Gasteiger partial charge is 0.454 e. The van der Waals surface area contributed by atoms with Gasteiger partial charge >= 0.3 is 0 Å². The second-order valence-electron chi connectivity index (χ2n) is 6.45. The zero-order chi connectivity index (χ0) is 13.7. The molecule has 0 amide bonds. The third kappa shape index (κ3) is 1.84. The van der Waals surface area contributed by atoms with Gasteiger partial charge in [0.25, 0.3) is 0 Å². The van der Waals surface area contributed by atoms with E-state index in [0.717, 1.165) is 29.9 Å². The van der Waals surface area contributed by atoms with E-state index in [1.807, 2.05) is 0 Å². The molecule has 0 N–H and O–H groups in total. The fourth-order valence-electron chi connectivity index (χ4n) is 4.08. The summed E-state index contributed by atoms with van der Waals surface area (Å²) in [6.07, 6.45) is 4.08. The van der Waals surface area contributed by atoms with E-state index in [9.17, 15) is 0 Å². The van der Waals surface area contributed by atoms with Crippen LogP contribution in [-0.4, -0.2) is 32.3 Å². The van der Waals surface area contributed by atoms with Gasteiger partial charge in [0, 0.05) is 6.54 Å². The molecule has 1 aliphatic heterocycles. The van der Waals surface area contributed by atoms with Crippen molar-refractivity contribution in [3.05, 3.63) is 29.3 Å². The molecule has 3 aliphatic rings. The Morgan fingerprint density at radius 1 is 1.10 bits per heavy atom. The smallest absolute Gasteiger partial charge is 0.231 e. The zero-order valence-electron chi connectivity index (χ0n) is 12.2. The van der Waals surface area contributed by atoms with Crippen molar-refractivity contribution >= 4 is 5.57 Å². The number of benzene rings is 1. The van der Waals surface area contributed by atoms with Crippen molar-refractivity contribution in [1.29, 1.82) is 0 Å². The van der Waals surface area contributed by atoms with Gasteiger partial charge in [-0.05, 0) is 74.0 Å². The molecule has 3 heteroatoms. The molecule has 1 fully saturated rings. The molecule has 0 radical (unpaired) electrons. The van der Waals surface area contributed by atoms with Crippen molar-refractivity contribution in [2.75, 3.05) is 27.4 Å². The second-order valence-corrected chi connectivity index (χ2v) is 6.45. The Morgan fingerprint density at radius 2 is 1.90 bits per heavy atom. The maximum atomic E-state index is 5.54. The molecule has 4 rings (SSSR count). The van der Waals surface area contributed by atoms with Gasteiger partial charge in [0.1, 0.15) is 0 Å². The molecule has 0 aromatic heterocycles. The summed E-state index contributed by atoms with van der Waals surface area (Å²) in [5.74, 6) is 3.35. The first-order valence-electron chi connectivity index (χ1n) is 7.50. The van der Waals surface area contributed by atoms with Gasteiger partial charge in [-0.25, -0.2) is 0 Å². The standard InChI is InChI=1S/C17H21NO2/c1-18(2)9-14-11-3-4-12(7-11)17(14)13-5-6-15-16(8-13)20-10-19-15/h5-6,8,11-12H,3-4,7,9-10H2,1-2H3. The summed E-state index contributed by atoms with van der Waals surface area (Å²) in [5, 5.41) is 0. The van der Waals surface area contributed by atoms with Crippen LogP contribution in [0.15, 0.2) is 23.8 Å². The molecule has 106 valence electrons. The van der Waals surface area contributed by atoms with Gasteiger partial charge in [-0.3, -0.25) is 0 Å². The van der Waals surface area contributed by atoms with E-state index in [4.69, 9.17) is 9.47 Å². The molecule has 1 aromatic rings. The van der Waals surface area contributed by atoms with Crippen LogP contribution in [0.4, 0.5) is 0 Å². The predicted octanol–water partition coefficient (Wildman–Crippen LogP) is 3.16. The fourth-order valence-corrected chi connectivity index (χ4v) is 4.08. The molecular formula is C17H21NO2. The summed E-state index contributed by atoms with van der Waals surface area (Å²) < 4.78 is 11.0. The molecular weight excluding hydrogens is 250 g/mol. The van der Waals surface area contributed by atoms with Gasteiger partial charge < -0.3 is 14.4 Å². The normalized spacial score (nSPS) is 26.9. The van der Waals surface area contributed by atoms with Crippen LogP contribution in [0.2, 0.25) is 0 Å². The van der Waals surface area contributed by atoms with Crippen molar-refractivity contribution in [2.24, 2.45) is 11.8 Å². The lowest BCUT2D eigenvalue weighted by molar-refractivity contribution is 0.174. The average molecular weight is 271 g/mol. The number of fused-ring (bicyclic) bond motifs is 3. The Labute approximate surface area is 120 Å². The summed E-state index contributed by atoms with van der Waals surface area (Å²) in [4.78, 5) is 2.29. The van der Waals surface area contributed by atoms with Crippen LogP contribution in [0, 0.1) is 11.8 Å². The highest BCUT2D eigenvalue weighted by atomic mass is 16.7. The summed E-state index contributed by atoms with van der Waals surface area (Å²) in [5.41, 5.74) is 4.59. The van der Waals surface area contributed by atoms with Gasteiger partial charge in [-0.2, -0.15) is 0 Å². The number of ether oxygens (including phenoxy) is 2. The van der Waals surface area contributed by atoms with E-state index in [-0.39, 0.29) is 0 Å². The first-order valence-corrected chi connectivity index (χ1v) is 7.50. The SMILES string of the molecule is CN(C)CC1=C(c2ccc3c(c2)OCO3)C2CCC1C2. The monoisotopic (exact) mass is 271 g/mol. The number of hydrogen-bond donors (Lipinski definition) is 0. The summed E-state index contributed by atoms with van der Waals surface area (Å²) >= 11 is 0. The molecule has 2 unspecified atom stereocenters. The summed E-state index contributed by atoms with van der Waals surface area (Å²) in [6.45, 7) is 1.44. The van der Waals surface area contributed by atoms with Crippen LogP contribution in [-0.2, 0) is 0 Å². The van der Waals surface area contributed by atoms with E-state index in [1.165, 1.54) is 24.8 Å². The van der Waals surface area contributed by atoms with Gasteiger partial charge in [-0.1, -0.05) is 6.07 Å². The molecule has 0 saturated heterocycles. The molecule has 1 saturated carbocycles. The number of hydrogen-bond acceptors (Lipinski definition) is 3. The molecule has 0 spiro atoms. The van der Waals surface area contributed by atoms with Crippen molar-refractivity contribution in [3.8, 4) is 11.5 Å². The first kappa shape index (κ1) is 12.3. The third-order valence-corrected chi connectivity index (χ3v) is 4.85. The molecule has 1 aromatic carbocycles. The fraction of sp³-hybridized carbons (Fsp3) is 0.529. The molecule has 20 heavy (non-hydrogen) atoms. The molecule has 2 aliphatic carbocycles. The predicted molar refractivity (Wildman–Crippen MR) is 78.9 cm³/mol. The summed E-state index contributed by atoms with van der Waals surface area (Å²) in [7, 11) is 4.33. The number of likely N-dealkylation sites (N-methyl/N-ethyl adjacent to an activating group) is 1. The van der Waals surface area contributed by atoms with Crippen molar-refractivity contribution in [1.82, 2.24) is 4.90 Å². The highest BCUT2D eigenvalue weighted by molar-refractivity contribution is 5.76. The van der Waals surface area contributed by atoms with Gasteiger partial charge in [0.15, 0.2) is 11.5 Å². The number of nitrogens with zero attached hydrogens (tertiary/aromatic N) is 1. The topological polar surface area (TPSA) is 21.7 Å². The van der Waals surface area contributed by atoms with Crippen molar-refractivity contribution in [3.63, 3.8) is 0 Å². The van der Waals surface area contributed by atoms with Crippen molar-refractivity contribution < 1.29 is 9.47 Å². The number of rotatable bonds is 3. The molecule has 3 nitrogen and oxygen atoms in total. The lowest BCUT2D eigenvalue weighted by Crippen LogP contribution is -2.19. The Kier molecular flexibility index (Phi) is 2.77. The molecule has 2 atom stereocenters. The Morgan fingerprint density at radius 3 is 2.75 bits per heavy atom. The minimum atomic E-state index is 0.356. The van der Waals surface area contributed by atoms with Crippen LogP contribution in [0.5, 0.6) is 11.5 Å². The average Bonchev–Trinajstić information content (AvgIpc) is 3.12. The third-order valence-electron chi connectivity index (χ3n) is 4.85. The van der Waals surface area contributed by atoms with Gasteiger partial charge in [-0.15, -0.1) is 0 Å². The Bertz CT molecular complexity index is 576. The number of allylic oxidation sites excluding steroid dienone is 1. The molecule has 1 heterocycles. The highest BCUT2D eigenvalue weighted by Gasteiger charge is 2.39. The Balaban J connectivity index is 1.76. The maximum Gasteiger partial charge on any atom is 0.231 e.